The Bertz CT molecular complexity index is 454. The maximum atomic E-state index is 11.3. The minimum atomic E-state index is -0.929. The van der Waals surface area contributed by atoms with Crippen molar-refractivity contribution >= 4 is 17.3 Å². The number of rotatable bonds is 4. The van der Waals surface area contributed by atoms with Crippen molar-refractivity contribution in [2.24, 2.45) is 5.92 Å². The van der Waals surface area contributed by atoms with Gasteiger partial charge in [0.15, 0.2) is 0 Å². The van der Waals surface area contributed by atoms with E-state index in [2.05, 4.69) is 4.90 Å². The van der Waals surface area contributed by atoms with Crippen LogP contribution in [-0.4, -0.2) is 37.9 Å². The van der Waals surface area contributed by atoms with E-state index in [1.54, 1.807) is 25.3 Å². The fourth-order valence-electron chi connectivity index (χ4n) is 2.65. The van der Waals surface area contributed by atoms with Crippen LogP contribution in [0.5, 0.6) is 0 Å². The Hall–Kier alpha value is -1.75. The zero-order valence-corrected chi connectivity index (χ0v) is 11.1. The van der Waals surface area contributed by atoms with Gasteiger partial charge in [0, 0.05) is 26.8 Å². The lowest BCUT2D eigenvalue weighted by molar-refractivity contribution is 0.0697. The van der Waals surface area contributed by atoms with Crippen LogP contribution in [0.25, 0.3) is 0 Å². The summed E-state index contributed by atoms with van der Waals surface area (Å²) in [6.07, 6.45) is 2.00. The van der Waals surface area contributed by atoms with Gasteiger partial charge in [-0.05, 0) is 30.9 Å². The Kier molecular flexibility index (Phi) is 4.27. The number of aromatic carboxylic acids is 1. The van der Waals surface area contributed by atoms with Gasteiger partial charge in [-0.2, -0.15) is 0 Å². The molecule has 0 atom stereocenters. The van der Waals surface area contributed by atoms with Crippen molar-refractivity contribution in [2.45, 2.75) is 12.8 Å². The highest BCUT2D eigenvalue weighted by atomic mass is 16.5. The normalized spacial score (nSPS) is 16.6. The second kappa shape index (κ2) is 5.93. The second-order valence-electron chi connectivity index (χ2n) is 4.93. The Morgan fingerprint density at radius 3 is 2.74 bits per heavy atom. The summed E-state index contributed by atoms with van der Waals surface area (Å²) in [7, 11) is 1.71. The molecule has 0 amide bonds. The lowest BCUT2D eigenvalue weighted by atomic mass is 9.96. The van der Waals surface area contributed by atoms with Crippen molar-refractivity contribution in [3.05, 3.63) is 23.8 Å². The molecule has 0 saturated carbocycles. The van der Waals surface area contributed by atoms with E-state index in [9.17, 15) is 9.90 Å². The minimum absolute atomic E-state index is 0.283. The fraction of sp³-hybridized carbons (Fsp3) is 0.500. The number of anilines is 2. The lowest BCUT2D eigenvalue weighted by Crippen LogP contribution is -2.36. The first kappa shape index (κ1) is 13.7. The number of benzene rings is 1. The molecule has 1 fully saturated rings. The van der Waals surface area contributed by atoms with E-state index in [1.807, 2.05) is 0 Å². The second-order valence-corrected chi connectivity index (χ2v) is 4.93. The van der Waals surface area contributed by atoms with Gasteiger partial charge >= 0.3 is 5.97 Å². The Labute approximate surface area is 113 Å². The Balaban J connectivity index is 2.17. The molecule has 2 rings (SSSR count). The van der Waals surface area contributed by atoms with Crippen LogP contribution in [0, 0.1) is 5.92 Å². The van der Waals surface area contributed by atoms with Crippen LogP contribution in [0.15, 0.2) is 18.2 Å². The first-order valence-electron chi connectivity index (χ1n) is 6.49. The number of carboxylic acid groups (broad SMARTS) is 1. The molecule has 0 aliphatic carbocycles. The molecular formula is C14H20N2O3. The molecule has 1 aliphatic rings. The van der Waals surface area contributed by atoms with Gasteiger partial charge in [-0.25, -0.2) is 4.79 Å². The molecule has 1 saturated heterocycles. The maximum Gasteiger partial charge on any atom is 0.337 e. The molecule has 0 spiro atoms. The van der Waals surface area contributed by atoms with Gasteiger partial charge in [-0.15, -0.1) is 0 Å². The molecule has 1 aromatic carbocycles. The first-order chi connectivity index (χ1) is 9.13. The van der Waals surface area contributed by atoms with E-state index in [4.69, 9.17) is 10.5 Å². The number of carboxylic acids is 1. The van der Waals surface area contributed by atoms with Crippen LogP contribution in [-0.2, 0) is 4.74 Å². The summed E-state index contributed by atoms with van der Waals surface area (Å²) in [6, 6.07) is 5.04. The minimum Gasteiger partial charge on any atom is -0.478 e. The lowest BCUT2D eigenvalue weighted by Gasteiger charge is -2.34. The third-order valence-electron chi connectivity index (χ3n) is 3.63. The monoisotopic (exact) mass is 264 g/mol. The number of hydrogen-bond acceptors (Lipinski definition) is 4. The standard InChI is InChI=1S/C14H20N2O3/c1-19-9-10-5-7-16(8-6-10)13-11(14(17)18)3-2-4-12(13)15/h2-4,10H,5-9,15H2,1H3,(H,17,18). The van der Waals surface area contributed by atoms with Gasteiger partial charge in [0.2, 0.25) is 0 Å². The van der Waals surface area contributed by atoms with Crippen LogP contribution >= 0.6 is 0 Å². The summed E-state index contributed by atoms with van der Waals surface area (Å²) in [6.45, 7) is 2.41. The van der Waals surface area contributed by atoms with Crippen molar-refractivity contribution in [1.29, 1.82) is 0 Å². The molecule has 0 unspecified atom stereocenters. The number of nitrogens with two attached hydrogens (primary N) is 1. The average Bonchev–Trinajstić information content (AvgIpc) is 2.40. The number of methoxy groups -OCH3 is 1. The Morgan fingerprint density at radius 1 is 1.47 bits per heavy atom. The van der Waals surface area contributed by atoms with Crippen molar-refractivity contribution in [1.82, 2.24) is 0 Å². The molecule has 1 heterocycles. The van der Waals surface area contributed by atoms with Gasteiger partial charge in [0.1, 0.15) is 0 Å². The summed E-state index contributed by atoms with van der Waals surface area (Å²) in [5, 5.41) is 9.25. The molecule has 0 radical (unpaired) electrons. The van der Waals surface area contributed by atoms with Gasteiger partial charge in [0.05, 0.1) is 16.9 Å². The van der Waals surface area contributed by atoms with E-state index < -0.39 is 5.97 Å². The topological polar surface area (TPSA) is 75.8 Å². The third kappa shape index (κ3) is 2.98. The third-order valence-corrected chi connectivity index (χ3v) is 3.63. The highest BCUT2D eigenvalue weighted by Crippen LogP contribution is 2.31. The number of carbonyl (C=O) groups is 1. The molecule has 0 bridgehead atoms. The van der Waals surface area contributed by atoms with Crippen LogP contribution in [0.1, 0.15) is 23.2 Å². The summed E-state index contributed by atoms with van der Waals surface area (Å²) in [5.74, 6) is -0.374. The smallest absolute Gasteiger partial charge is 0.337 e. The van der Waals surface area contributed by atoms with Crippen LogP contribution in [0.3, 0.4) is 0 Å². The zero-order chi connectivity index (χ0) is 13.8. The summed E-state index contributed by atoms with van der Waals surface area (Å²) in [4.78, 5) is 13.4. The molecule has 19 heavy (non-hydrogen) atoms. The average molecular weight is 264 g/mol. The number of hydrogen-bond donors (Lipinski definition) is 2. The van der Waals surface area contributed by atoms with Crippen LogP contribution in [0.4, 0.5) is 11.4 Å². The Morgan fingerprint density at radius 2 is 2.16 bits per heavy atom. The number of para-hydroxylation sites is 1. The van der Waals surface area contributed by atoms with Crippen LogP contribution < -0.4 is 10.6 Å². The van der Waals surface area contributed by atoms with E-state index in [1.165, 1.54) is 0 Å². The van der Waals surface area contributed by atoms with Crippen molar-refractivity contribution in [2.75, 3.05) is 37.4 Å². The number of ether oxygens (including phenoxy) is 1. The predicted octanol–water partition coefficient (Wildman–Crippen LogP) is 1.83. The van der Waals surface area contributed by atoms with E-state index in [-0.39, 0.29) is 5.56 Å². The SMILES string of the molecule is COCC1CCN(c2c(N)cccc2C(=O)O)CC1. The van der Waals surface area contributed by atoms with Crippen molar-refractivity contribution < 1.29 is 14.6 Å². The van der Waals surface area contributed by atoms with Gasteiger partial charge < -0.3 is 20.5 Å². The van der Waals surface area contributed by atoms with Crippen molar-refractivity contribution in [3.8, 4) is 0 Å². The van der Waals surface area contributed by atoms with E-state index in [0.717, 1.165) is 32.5 Å². The largest absolute Gasteiger partial charge is 0.478 e. The summed E-state index contributed by atoms with van der Waals surface area (Å²) in [5.41, 5.74) is 7.43. The fourth-order valence-corrected chi connectivity index (χ4v) is 2.65. The van der Waals surface area contributed by atoms with Crippen molar-refractivity contribution in [3.63, 3.8) is 0 Å². The number of nitrogen functional groups attached to an aromatic ring is 1. The maximum absolute atomic E-state index is 11.3. The van der Waals surface area contributed by atoms with E-state index in [0.29, 0.717) is 17.3 Å². The highest BCUT2D eigenvalue weighted by molar-refractivity contribution is 5.98. The predicted molar refractivity (Wildman–Crippen MR) is 74.6 cm³/mol. The van der Waals surface area contributed by atoms with Gasteiger partial charge in [-0.3, -0.25) is 0 Å². The molecule has 3 N–H and O–H groups in total. The molecule has 0 aromatic heterocycles. The van der Waals surface area contributed by atoms with E-state index >= 15 is 0 Å². The molecule has 5 heteroatoms. The molecule has 1 aromatic rings. The molecule has 5 nitrogen and oxygen atoms in total. The quantitative estimate of drug-likeness (QED) is 0.811. The molecular weight excluding hydrogens is 244 g/mol. The molecule has 104 valence electrons. The number of nitrogens with zero attached hydrogens (tertiary/aromatic N) is 1. The summed E-state index contributed by atoms with van der Waals surface area (Å²) < 4.78 is 5.17. The molecule has 1 aliphatic heterocycles. The van der Waals surface area contributed by atoms with Crippen LogP contribution in [0.2, 0.25) is 0 Å². The summed E-state index contributed by atoms with van der Waals surface area (Å²) >= 11 is 0. The highest BCUT2D eigenvalue weighted by Gasteiger charge is 2.24. The zero-order valence-electron chi connectivity index (χ0n) is 11.1. The first-order valence-corrected chi connectivity index (χ1v) is 6.49. The number of piperidine rings is 1. The van der Waals surface area contributed by atoms with Gasteiger partial charge in [-0.1, -0.05) is 6.07 Å². The van der Waals surface area contributed by atoms with Gasteiger partial charge in [0.25, 0.3) is 0 Å².